The van der Waals surface area contributed by atoms with E-state index in [9.17, 15) is 19.6 Å². The first-order valence-electron chi connectivity index (χ1n) is 10.7. The number of aromatic nitrogens is 3. The monoisotopic (exact) mass is 446 g/mol. The van der Waals surface area contributed by atoms with Crippen LogP contribution in [0.25, 0.3) is 5.69 Å². The van der Waals surface area contributed by atoms with Crippen molar-refractivity contribution in [2.45, 2.75) is 47.1 Å². The van der Waals surface area contributed by atoms with Crippen molar-refractivity contribution in [3.05, 3.63) is 80.0 Å². The highest BCUT2D eigenvalue weighted by atomic mass is 16.5. The molecule has 1 aromatic carbocycles. The third-order valence-electron chi connectivity index (χ3n) is 5.71. The molecule has 0 aliphatic rings. The lowest BCUT2D eigenvalue weighted by atomic mass is 10.0. The van der Waals surface area contributed by atoms with Crippen LogP contribution < -0.4 is 5.56 Å². The van der Waals surface area contributed by atoms with E-state index in [4.69, 9.17) is 4.74 Å². The molecule has 0 fully saturated rings. The van der Waals surface area contributed by atoms with E-state index >= 15 is 0 Å². The number of Topliss-reactive ketones (excluding diaryl/α,β-unsaturated/α-hetero) is 1. The van der Waals surface area contributed by atoms with Gasteiger partial charge in [0, 0.05) is 22.6 Å². The maximum atomic E-state index is 13.2. The third kappa shape index (κ3) is 4.35. The molecule has 0 spiro atoms. The number of ether oxygens (including phenoxy) is 1. The highest BCUT2D eigenvalue weighted by Gasteiger charge is 2.21. The minimum absolute atomic E-state index is 0.0494. The van der Waals surface area contributed by atoms with E-state index in [1.54, 1.807) is 30.3 Å². The smallest absolute Gasteiger partial charge is 0.337 e. The Labute approximate surface area is 192 Å². The van der Waals surface area contributed by atoms with Crippen LogP contribution in [0.2, 0.25) is 0 Å². The van der Waals surface area contributed by atoms with Gasteiger partial charge in [0.2, 0.25) is 0 Å². The van der Waals surface area contributed by atoms with Crippen molar-refractivity contribution in [2.75, 3.05) is 7.11 Å². The van der Waals surface area contributed by atoms with Crippen LogP contribution in [0.1, 0.15) is 62.8 Å². The molecule has 3 rings (SSSR count). The molecule has 0 aliphatic heterocycles. The molecule has 33 heavy (non-hydrogen) atoms. The van der Waals surface area contributed by atoms with Gasteiger partial charge in [0.25, 0.3) is 5.56 Å². The Kier molecular flexibility index (Phi) is 6.92. The second-order valence-corrected chi connectivity index (χ2v) is 7.66. The molecular weight excluding hydrogens is 420 g/mol. The summed E-state index contributed by atoms with van der Waals surface area (Å²) in [6.07, 6.45) is 1.08. The number of hydrogen-bond acceptors (Lipinski definition) is 6. The van der Waals surface area contributed by atoms with Crippen LogP contribution in [0.15, 0.2) is 35.1 Å². The fraction of sp³-hybridized carbons (Fsp3) is 0.320. The average molecular weight is 447 g/mol. The number of hydrogen-bond donors (Lipinski definition) is 0. The van der Waals surface area contributed by atoms with Gasteiger partial charge in [-0.05, 0) is 62.6 Å². The highest BCUT2D eigenvalue weighted by Crippen LogP contribution is 2.22. The molecule has 170 valence electrons. The average Bonchev–Trinajstić information content (AvgIpc) is 3.13. The van der Waals surface area contributed by atoms with E-state index in [-0.39, 0.29) is 17.9 Å². The fourth-order valence-electron chi connectivity index (χ4n) is 4.07. The van der Waals surface area contributed by atoms with Gasteiger partial charge in [-0.3, -0.25) is 9.59 Å². The number of carbonyl (C=O) groups excluding carboxylic acids is 2. The Morgan fingerprint density at radius 3 is 2.33 bits per heavy atom. The molecule has 0 amide bonds. The molecule has 0 atom stereocenters. The summed E-state index contributed by atoms with van der Waals surface area (Å²) in [5.74, 6) is -0.695. The van der Waals surface area contributed by atoms with E-state index in [0.29, 0.717) is 40.9 Å². The lowest BCUT2D eigenvalue weighted by Crippen LogP contribution is -2.31. The van der Waals surface area contributed by atoms with Crippen LogP contribution in [-0.2, 0) is 24.1 Å². The van der Waals surface area contributed by atoms with Crippen LogP contribution in [-0.4, -0.2) is 33.2 Å². The Balaban J connectivity index is 1.98. The minimum atomic E-state index is -0.549. The molecule has 0 bridgehead atoms. The Morgan fingerprint density at radius 2 is 1.79 bits per heavy atom. The SMILES string of the molecule is CCc1nn(CC(=O)c2cc(C)n(-c3ccc(C(=O)OC)cc3)c2C)c(=O)c(C#N)c1CC. The molecule has 8 heteroatoms. The molecule has 0 saturated heterocycles. The van der Waals surface area contributed by atoms with Gasteiger partial charge in [-0.15, -0.1) is 0 Å². The number of carbonyl (C=O) groups is 2. The van der Waals surface area contributed by atoms with Gasteiger partial charge in [-0.25, -0.2) is 9.48 Å². The zero-order valence-corrected chi connectivity index (χ0v) is 19.4. The summed E-state index contributed by atoms with van der Waals surface area (Å²) in [6.45, 7) is 7.22. The summed E-state index contributed by atoms with van der Waals surface area (Å²) in [4.78, 5) is 37.6. The second kappa shape index (κ2) is 9.65. The summed E-state index contributed by atoms with van der Waals surface area (Å²) in [5, 5.41) is 13.9. The number of aryl methyl sites for hydroxylation is 2. The molecule has 8 nitrogen and oxygen atoms in total. The van der Waals surface area contributed by atoms with Crippen LogP contribution in [0, 0.1) is 25.2 Å². The Morgan fingerprint density at radius 1 is 1.12 bits per heavy atom. The lowest BCUT2D eigenvalue weighted by Gasteiger charge is -2.12. The van der Waals surface area contributed by atoms with Crippen molar-refractivity contribution in [1.82, 2.24) is 14.3 Å². The third-order valence-corrected chi connectivity index (χ3v) is 5.71. The Bertz CT molecular complexity index is 1320. The van der Waals surface area contributed by atoms with Crippen LogP contribution in [0.4, 0.5) is 0 Å². The van der Waals surface area contributed by atoms with Gasteiger partial charge >= 0.3 is 5.97 Å². The standard InChI is InChI=1S/C25H26N4O4/c1-6-19-21(13-26)24(31)28(27-22(19)7-2)14-23(30)20-12-15(3)29(16(20)4)18-10-8-17(9-11-18)25(32)33-5/h8-12H,6-7,14H2,1-5H3. The van der Waals surface area contributed by atoms with Crippen molar-refractivity contribution < 1.29 is 14.3 Å². The number of ketones is 1. The van der Waals surface area contributed by atoms with Crippen LogP contribution in [0.3, 0.4) is 0 Å². The summed E-state index contributed by atoms with van der Waals surface area (Å²) >= 11 is 0. The molecular formula is C25H26N4O4. The zero-order chi connectivity index (χ0) is 24.3. The van der Waals surface area contributed by atoms with Crippen molar-refractivity contribution in [2.24, 2.45) is 0 Å². The number of rotatable bonds is 7. The number of nitriles is 1. The van der Waals surface area contributed by atoms with Crippen LogP contribution >= 0.6 is 0 Å². The fourth-order valence-corrected chi connectivity index (χ4v) is 4.07. The van der Waals surface area contributed by atoms with Gasteiger partial charge in [-0.1, -0.05) is 13.8 Å². The van der Waals surface area contributed by atoms with Gasteiger partial charge in [0.1, 0.15) is 18.2 Å². The quantitative estimate of drug-likeness (QED) is 0.407. The number of methoxy groups -OCH3 is 1. The molecule has 0 saturated carbocycles. The van der Waals surface area contributed by atoms with Gasteiger partial charge in [0.15, 0.2) is 5.78 Å². The molecule has 0 N–H and O–H groups in total. The number of nitrogens with zero attached hydrogens (tertiary/aromatic N) is 4. The molecule has 0 aliphatic carbocycles. The predicted octanol–water partition coefficient (Wildman–Crippen LogP) is 3.32. The molecule has 3 aromatic rings. The molecule has 0 radical (unpaired) electrons. The molecule has 2 heterocycles. The van der Waals surface area contributed by atoms with Crippen molar-refractivity contribution >= 4 is 11.8 Å². The normalized spacial score (nSPS) is 10.7. The van der Waals surface area contributed by atoms with Gasteiger partial charge in [0.05, 0.1) is 18.4 Å². The van der Waals surface area contributed by atoms with Crippen molar-refractivity contribution in [3.63, 3.8) is 0 Å². The summed E-state index contributed by atoms with van der Waals surface area (Å²) in [7, 11) is 1.33. The molecule has 0 unspecified atom stereocenters. The topological polar surface area (TPSA) is 107 Å². The van der Waals surface area contributed by atoms with E-state index in [1.165, 1.54) is 7.11 Å². The van der Waals surface area contributed by atoms with Gasteiger partial charge < -0.3 is 9.30 Å². The maximum Gasteiger partial charge on any atom is 0.337 e. The minimum Gasteiger partial charge on any atom is -0.465 e. The van der Waals surface area contributed by atoms with Crippen molar-refractivity contribution in [1.29, 1.82) is 5.26 Å². The zero-order valence-electron chi connectivity index (χ0n) is 19.4. The first kappa shape index (κ1) is 23.7. The van der Waals surface area contributed by atoms with E-state index in [2.05, 4.69) is 5.10 Å². The van der Waals surface area contributed by atoms with Crippen molar-refractivity contribution in [3.8, 4) is 11.8 Å². The van der Waals surface area contributed by atoms with E-state index in [1.807, 2.05) is 38.3 Å². The van der Waals surface area contributed by atoms with Gasteiger partial charge in [-0.2, -0.15) is 10.4 Å². The Hall–Kier alpha value is -3.99. The van der Waals surface area contributed by atoms with Crippen LogP contribution in [0.5, 0.6) is 0 Å². The van der Waals surface area contributed by atoms with E-state index in [0.717, 1.165) is 16.1 Å². The summed E-state index contributed by atoms with van der Waals surface area (Å²) in [5.41, 5.74) is 4.02. The molecule has 2 aromatic heterocycles. The summed E-state index contributed by atoms with van der Waals surface area (Å²) < 4.78 is 7.73. The lowest BCUT2D eigenvalue weighted by molar-refractivity contribution is 0.0600. The first-order chi connectivity index (χ1) is 15.8. The van der Waals surface area contributed by atoms with E-state index < -0.39 is 11.5 Å². The first-order valence-corrected chi connectivity index (χ1v) is 10.7. The maximum absolute atomic E-state index is 13.2. The number of esters is 1. The number of benzene rings is 1. The second-order valence-electron chi connectivity index (χ2n) is 7.66. The predicted molar refractivity (Wildman–Crippen MR) is 123 cm³/mol. The highest BCUT2D eigenvalue weighted by molar-refractivity contribution is 5.97. The largest absolute Gasteiger partial charge is 0.465 e. The summed E-state index contributed by atoms with van der Waals surface area (Å²) in [6, 6.07) is 10.6.